The van der Waals surface area contributed by atoms with Crippen LogP contribution in [-0.4, -0.2) is 38.0 Å². The number of nitrogens with zero attached hydrogens (tertiary/aromatic N) is 2. The number of esters is 1. The van der Waals surface area contributed by atoms with E-state index in [-0.39, 0.29) is 11.6 Å². The molecule has 104 valence electrons. The van der Waals surface area contributed by atoms with Gasteiger partial charge in [-0.1, -0.05) is 18.2 Å². The Bertz CT molecular complexity index is 601. The molecule has 0 saturated carbocycles. The van der Waals surface area contributed by atoms with Gasteiger partial charge in [0.25, 0.3) is 0 Å². The van der Waals surface area contributed by atoms with Crippen LogP contribution in [-0.2, 0) is 9.53 Å². The van der Waals surface area contributed by atoms with E-state index in [0.717, 1.165) is 11.3 Å². The van der Waals surface area contributed by atoms with Crippen molar-refractivity contribution in [2.45, 2.75) is 0 Å². The maximum atomic E-state index is 11.6. The molecule has 0 unspecified atom stereocenters. The molecule has 5 heteroatoms. The lowest BCUT2D eigenvalue weighted by atomic mass is 10.2. The predicted molar refractivity (Wildman–Crippen MR) is 77.3 cm³/mol. The zero-order valence-electron chi connectivity index (χ0n) is 11.7. The van der Waals surface area contributed by atoms with Gasteiger partial charge in [-0.2, -0.15) is 0 Å². The van der Waals surface area contributed by atoms with Gasteiger partial charge >= 0.3 is 5.97 Å². The van der Waals surface area contributed by atoms with Crippen LogP contribution >= 0.6 is 0 Å². The highest BCUT2D eigenvalue weighted by Crippen LogP contribution is 2.19. The number of para-hydroxylation sites is 1. The topological polar surface area (TPSA) is 51.1 Å². The van der Waals surface area contributed by atoms with Crippen LogP contribution in [0.25, 0.3) is 6.08 Å². The van der Waals surface area contributed by atoms with Crippen molar-refractivity contribution in [3.05, 3.63) is 47.8 Å². The van der Waals surface area contributed by atoms with Crippen LogP contribution in [0.2, 0.25) is 0 Å². The Kier molecular flexibility index (Phi) is 4.20. The number of carbonyl (C=O) groups is 1. The summed E-state index contributed by atoms with van der Waals surface area (Å²) in [6.07, 6.45) is 5.06. The van der Waals surface area contributed by atoms with Gasteiger partial charge in [-0.15, -0.1) is 0 Å². The molecule has 0 radical (unpaired) electrons. The van der Waals surface area contributed by atoms with Crippen molar-refractivity contribution in [2.75, 3.05) is 21.2 Å². The monoisotopic (exact) mass is 272 g/mol. The van der Waals surface area contributed by atoms with E-state index in [1.54, 1.807) is 30.4 Å². The zero-order valence-corrected chi connectivity index (χ0v) is 11.7. The van der Waals surface area contributed by atoms with Crippen LogP contribution in [0.1, 0.15) is 5.56 Å². The third-order valence-electron chi connectivity index (χ3n) is 2.56. The molecule has 0 aliphatic carbocycles. The van der Waals surface area contributed by atoms with Gasteiger partial charge in [-0.05, 0) is 12.1 Å². The summed E-state index contributed by atoms with van der Waals surface area (Å²) in [5.74, 6) is 0.574. The van der Waals surface area contributed by atoms with Crippen molar-refractivity contribution in [3.63, 3.8) is 0 Å². The third-order valence-corrected chi connectivity index (χ3v) is 2.56. The molecule has 5 nitrogen and oxygen atoms in total. The highest BCUT2D eigenvalue weighted by atomic mass is 16.6. The van der Waals surface area contributed by atoms with E-state index < -0.39 is 5.97 Å². The smallest absolute Gasteiger partial charge is 0.365 e. The fraction of sp³-hybridized carbons (Fsp3) is 0.200. The quantitative estimate of drug-likeness (QED) is 0.622. The highest BCUT2D eigenvalue weighted by molar-refractivity contribution is 6.09. The van der Waals surface area contributed by atoms with Gasteiger partial charge in [-0.3, -0.25) is 0 Å². The summed E-state index contributed by atoms with van der Waals surface area (Å²) in [5, 5.41) is 0. The SMILES string of the molecule is COc1ccccc1/C=C/C1=NC(=CN(C)C)C(=O)O1. The van der Waals surface area contributed by atoms with Crippen LogP contribution in [0, 0.1) is 0 Å². The van der Waals surface area contributed by atoms with Crippen molar-refractivity contribution in [3.8, 4) is 5.75 Å². The van der Waals surface area contributed by atoms with Gasteiger partial charge in [0.2, 0.25) is 5.90 Å². The van der Waals surface area contributed by atoms with Gasteiger partial charge in [0, 0.05) is 31.9 Å². The lowest BCUT2D eigenvalue weighted by molar-refractivity contribution is -0.130. The van der Waals surface area contributed by atoms with Crippen LogP contribution in [0.4, 0.5) is 0 Å². The Labute approximate surface area is 117 Å². The average molecular weight is 272 g/mol. The Hall–Kier alpha value is -2.56. The summed E-state index contributed by atoms with van der Waals surface area (Å²) in [5.41, 5.74) is 1.17. The first-order valence-corrected chi connectivity index (χ1v) is 6.10. The maximum Gasteiger partial charge on any atom is 0.365 e. The molecular weight excluding hydrogens is 256 g/mol. The Morgan fingerprint density at radius 2 is 2.00 bits per heavy atom. The molecule has 0 atom stereocenters. The van der Waals surface area contributed by atoms with E-state index in [0.29, 0.717) is 0 Å². The molecule has 0 saturated heterocycles. The van der Waals surface area contributed by atoms with Gasteiger partial charge in [-0.25, -0.2) is 9.79 Å². The number of ether oxygens (including phenoxy) is 2. The number of hydrogen-bond acceptors (Lipinski definition) is 5. The predicted octanol–water partition coefficient (Wildman–Crippen LogP) is 2.07. The van der Waals surface area contributed by atoms with Crippen molar-refractivity contribution in [1.82, 2.24) is 4.90 Å². The van der Waals surface area contributed by atoms with Gasteiger partial charge in [0.05, 0.1) is 7.11 Å². The van der Waals surface area contributed by atoms with E-state index in [9.17, 15) is 4.79 Å². The first-order chi connectivity index (χ1) is 9.60. The minimum absolute atomic E-state index is 0.272. The summed E-state index contributed by atoms with van der Waals surface area (Å²) in [6, 6.07) is 7.56. The summed E-state index contributed by atoms with van der Waals surface area (Å²) in [4.78, 5) is 17.4. The minimum Gasteiger partial charge on any atom is -0.496 e. The molecule has 1 aliphatic rings. The summed E-state index contributed by atoms with van der Waals surface area (Å²) >= 11 is 0. The second kappa shape index (κ2) is 6.06. The third kappa shape index (κ3) is 3.26. The van der Waals surface area contributed by atoms with E-state index in [2.05, 4.69) is 4.99 Å². The molecule has 1 aromatic carbocycles. The second-order valence-corrected chi connectivity index (χ2v) is 4.39. The number of methoxy groups -OCH3 is 1. The van der Waals surface area contributed by atoms with Crippen LogP contribution in [0.3, 0.4) is 0 Å². The first kappa shape index (κ1) is 13.9. The fourth-order valence-electron chi connectivity index (χ4n) is 1.70. The average Bonchev–Trinajstić information content (AvgIpc) is 2.76. The lowest BCUT2D eigenvalue weighted by Gasteiger charge is -2.02. The van der Waals surface area contributed by atoms with Gasteiger partial charge in [0.15, 0.2) is 5.70 Å². The van der Waals surface area contributed by atoms with Crippen molar-refractivity contribution >= 4 is 17.9 Å². The first-order valence-electron chi connectivity index (χ1n) is 6.10. The standard InChI is InChI=1S/C15H16N2O3/c1-17(2)10-12-15(18)20-14(16-12)9-8-11-6-4-5-7-13(11)19-3/h4-10H,1-3H3/b9-8+,12-10?. The molecule has 0 amide bonds. The molecule has 20 heavy (non-hydrogen) atoms. The number of benzene rings is 1. The Morgan fingerprint density at radius 3 is 2.70 bits per heavy atom. The van der Waals surface area contributed by atoms with Crippen molar-refractivity contribution < 1.29 is 14.3 Å². The summed E-state index contributed by atoms with van der Waals surface area (Å²) < 4.78 is 10.3. The number of carbonyl (C=O) groups excluding carboxylic acids is 1. The lowest BCUT2D eigenvalue weighted by Crippen LogP contribution is -2.06. The molecule has 0 bridgehead atoms. The Morgan fingerprint density at radius 1 is 1.25 bits per heavy atom. The fourth-order valence-corrected chi connectivity index (χ4v) is 1.70. The molecule has 0 spiro atoms. The van der Waals surface area contributed by atoms with Gasteiger partial charge < -0.3 is 14.4 Å². The molecule has 1 aromatic rings. The van der Waals surface area contributed by atoms with Crippen molar-refractivity contribution in [2.24, 2.45) is 4.99 Å². The van der Waals surface area contributed by atoms with Crippen LogP contribution in [0.5, 0.6) is 5.75 Å². The number of rotatable bonds is 4. The summed E-state index contributed by atoms with van der Waals surface area (Å²) in [7, 11) is 5.24. The molecule has 0 N–H and O–H groups in total. The zero-order chi connectivity index (χ0) is 14.5. The van der Waals surface area contributed by atoms with E-state index in [4.69, 9.17) is 9.47 Å². The summed E-state index contributed by atoms with van der Waals surface area (Å²) in [6.45, 7) is 0. The molecule has 1 aliphatic heterocycles. The second-order valence-electron chi connectivity index (χ2n) is 4.39. The molecule has 0 fully saturated rings. The van der Waals surface area contributed by atoms with E-state index in [1.807, 2.05) is 38.4 Å². The molecular formula is C15H16N2O3. The molecule has 2 rings (SSSR count). The van der Waals surface area contributed by atoms with E-state index in [1.165, 1.54) is 0 Å². The number of hydrogen-bond donors (Lipinski definition) is 0. The van der Waals surface area contributed by atoms with Crippen molar-refractivity contribution in [1.29, 1.82) is 0 Å². The van der Waals surface area contributed by atoms with Crippen LogP contribution in [0.15, 0.2) is 47.2 Å². The number of cyclic esters (lactones) is 1. The molecule has 0 aromatic heterocycles. The molecule has 1 heterocycles. The van der Waals surface area contributed by atoms with E-state index >= 15 is 0 Å². The maximum absolute atomic E-state index is 11.6. The van der Waals surface area contributed by atoms with Crippen LogP contribution < -0.4 is 4.74 Å². The number of aliphatic imine (C=N–C) groups is 1. The highest BCUT2D eigenvalue weighted by Gasteiger charge is 2.21. The minimum atomic E-state index is -0.446. The van der Waals surface area contributed by atoms with Gasteiger partial charge in [0.1, 0.15) is 5.75 Å². The largest absolute Gasteiger partial charge is 0.496 e. The Balaban J connectivity index is 2.18. The normalized spacial score (nSPS) is 16.4.